The van der Waals surface area contributed by atoms with Crippen molar-refractivity contribution in [1.29, 1.82) is 0 Å². The number of hydrogen-bond donors (Lipinski definition) is 1. The minimum absolute atomic E-state index is 0.00157. The molecule has 1 N–H and O–H groups in total. The fourth-order valence-corrected chi connectivity index (χ4v) is 3.08. The molecule has 0 atom stereocenters. The Labute approximate surface area is 161 Å². The molecular weight excluding hydrogens is 344 g/mol. The third-order valence-electron chi connectivity index (χ3n) is 4.73. The van der Waals surface area contributed by atoms with Crippen LogP contribution in [0.15, 0.2) is 30.4 Å². The average molecular weight is 374 g/mol. The topological polar surface area (TPSA) is 67.9 Å². The van der Waals surface area contributed by atoms with Crippen molar-refractivity contribution in [2.45, 2.75) is 26.7 Å². The molecule has 27 heavy (non-hydrogen) atoms. The van der Waals surface area contributed by atoms with E-state index in [9.17, 15) is 9.59 Å². The van der Waals surface area contributed by atoms with Crippen molar-refractivity contribution in [3.8, 4) is 11.5 Å². The van der Waals surface area contributed by atoms with Gasteiger partial charge in [-0.05, 0) is 49.0 Å². The summed E-state index contributed by atoms with van der Waals surface area (Å²) < 4.78 is 10.5. The lowest BCUT2D eigenvalue weighted by molar-refractivity contribution is -0.116. The van der Waals surface area contributed by atoms with Crippen LogP contribution in [-0.2, 0) is 4.79 Å². The first-order chi connectivity index (χ1) is 12.9. The summed E-state index contributed by atoms with van der Waals surface area (Å²) in [6, 6.07) is 5.23. The highest BCUT2D eigenvalue weighted by Crippen LogP contribution is 2.28. The van der Waals surface area contributed by atoms with E-state index in [1.54, 1.807) is 38.5 Å². The van der Waals surface area contributed by atoms with E-state index in [0.717, 1.165) is 12.8 Å². The number of piperidine rings is 1. The fourth-order valence-electron chi connectivity index (χ4n) is 3.08. The molecule has 6 heteroatoms. The summed E-state index contributed by atoms with van der Waals surface area (Å²) in [5, 5.41) is 2.95. The second-order valence-corrected chi connectivity index (χ2v) is 7.15. The van der Waals surface area contributed by atoms with E-state index >= 15 is 0 Å². The van der Waals surface area contributed by atoms with Crippen LogP contribution in [0.3, 0.4) is 0 Å². The second kappa shape index (κ2) is 10.00. The van der Waals surface area contributed by atoms with Crippen LogP contribution < -0.4 is 14.8 Å². The van der Waals surface area contributed by atoms with Gasteiger partial charge in [0, 0.05) is 25.2 Å². The Morgan fingerprint density at radius 1 is 1.19 bits per heavy atom. The van der Waals surface area contributed by atoms with Gasteiger partial charge in [0.1, 0.15) is 0 Å². The van der Waals surface area contributed by atoms with E-state index in [1.165, 1.54) is 0 Å². The van der Waals surface area contributed by atoms with Gasteiger partial charge in [-0.3, -0.25) is 9.59 Å². The largest absolute Gasteiger partial charge is 0.493 e. The van der Waals surface area contributed by atoms with Gasteiger partial charge in [-0.15, -0.1) is 0 Å². The van der Waals surface area contributed by atoms with E-state index in [1.807, 2.05) is 24.8 Å². The molecule has 1 heterocycles. The van der Waals surface area contributed by atoms with Crippen LogP contribution in [0.5, 0.6) is 11.5 Å². The summed E-state index contributed by atoms with van der Waals surface area (Å²) in [7, 11) is 3.13. The standard InChI is InChI=1S/C21H30N2O4/c1-15(2)5-8-20(24)22-14-16-9-11-23(12-10-16)21(25)17-6-7-18(26-3)19(13-17)27-4/h5-8,13,15-16H,9-12,14H2,1-4H3,(H,22,24)/b8-5+. The van der Waals surface area contributed by atoms with Crippen LogP contribution in [0.4, 0.5) is 0 Å². The van der Waals surface area contributed by atoms with Gasteiger partial charge >= 0.3 is 0 Å². The molecule has 2 amide bonds. The smallest absolute Gasteiger partial charge is 0.253 e. The third-order valence-corrected chi connectivity index (χ3v) is 4.73. The Morgan fingerprint density at radius 2 is 1.85 bits per heavy atom. The van der Waals surface area contributed by atoms with Crippen molar-refractivity contribution in [3.05, 3.63) is 35.9 Å². The molecule has 1 aromatic carbocycles. The van der Waals surface area contributed by atoms with E-state index in [4.69, 9.17) is 9.47 Å². The number of amides is 2. The van der Waals surface area contributed by atoms with Crippen LogP contribution in [0, 0.1) is 11.8 Å². The van der Waals surface area contributed by atoms with Gasteiger partial charge in [0.2, 0.25) is 5.91 Å². The molecule has 0 unspecified atom stereocenters. The van der Waals surface area contributed by atoms with E-state index in [-0.39, 0.29) is 11.8 Å². The molecule has 1 aliphatic heterocycles. The highest BCUT2D eigenvalue weighted by molar-refractivity contribution is 5.95. The highest BCUT2D eigenvalue weighted by Gasteiger charge is 2.24. The molecule has 0 saturated carbocycles. The van der Waals surface area contributed by atoms with Crippen LogP contribution in [0.2, 0.25) is 0 Å². The van der Waals surface area contributed by atoms with E-state index in [2.05, 4.69) is 5.32 Å². The normalized spacial score (nSPS) is 15.2. The van der Waals surface area contributed by atoms with Gasteiger partial charge in [-0.2, -0.15) is 0 Å². The van der Waals surface area contributed by atoms with Crippen molar-refractivity contribution >= 4 is 11.8 Å². The Bertz CT molecular complexity index is 677. The zero-order valence-electron chi connectivity index (χ0n) is 16.7. The first-order valence-electron chi connectivity index (χ1n) is 9.42. The number of likely N-dealkylation sites (tertiary alicyclic amines) is 1. The second-order valence-electron chi connectivity index (χ2n) is 7.15. The van der Waals surface area contributed by atoms with Crippen LogP contribution >= 0.6 is 0 Å². The maximum atomic E-state index is 12.7. The highest BCUT2D eigenvalue weighted by atomic mass is 16.5. The van der Waals surface area contributed by atoms with Gasteiger partial charge in [0.05, 0.1) is 14.2 Å². The lowest BCUT2D eigenvalue weighted by Crippen LogP contribution is -2.41. The first kappa shape index (κ1) is 20.8. The number of rotatable bonds is 7. The van der Waals surface area contributed by atoms with Crippen molar-refractivity contribution in [2.24, 2.45) is 11.8 Å². The van der Waals surface area contributed by atoms with Gasteiger partial charge in [0.15, 0.2) is 11.5 Å². The number of hydrogen-bond acceptors (Lipinski definition) is 4. The summed E-state index contributed by atoms with van der Waals surface area (Å²) in [5.74, 6) is 1.87. The lowest BCUT2D eigenvalue weighted by Gasteiger charge is -2.32. The summed E-state index contributed by atoms with van der Waals surface area (Å²) in [5.41, 5.74) is 0.596. The van der Waals surface area contributed by atoms with Gasteiger partial charge in [-0.25, -0.2) is 0 Å². The minimum atomic E-state index is -0.0486. The molecule has 6 nitrogen and oxygen atoms in total. The first-order valence-corrected chi connectivity index (χ1v) is 9.42. The Kier molecular flexibility index (Phi) is 7.70. The molecule has 0 bridgehead atoms. The average Bonchev–Trinajstić information content (AvgIpc) is 2.69. The molecule has 2 rings (SSSR count). The van der Waals surface area contributed by atoms with Gasteiger partial charge in [-0.1, -0.05) is 19.9 Å². The van der Waals surface area contributed by atoms with Crippen molar-refractivity contribution < 1.29 is 19.1 Å². The summed E-state index contributed by atoms with van der Waals surface area (Å²) >= 11 is 0. The van der Waals surface area contributed by atoms with Gasteiger partial charge in [0.25, 0.3) is 5.91 Å². The van der Waals surface area contributed by atoms with E-state index < -0.39 is 0 Å². The Hall–Kier alpha value is -2.50. The molecule has 1 aliphatic rings. The number of nitrogens with one attached hydrogen (secondary N) is 1. The molecule has 1 fully saturated rings. The predicted molar refractivity (Wildman–Crippen MR) is 105 cm³/mol. The van der Waals surface area contributed by atoms with Crippen molar-refractivity contribution in [2.75, 3.05) is 33.9 Å². The zero-order chi connectivity index (χ0) is 19.8. The summed E-state index contributed by atoms with van der Waals surface area (Å²) in [6.45, 7) is 6.11. The molecule has 0 aromatic heterocycles. The fraction of sp³-hybridized carbons (Fsp3) is 0.524. The predicted octanol–water partition coefficient (Wildman–Crippen LogP) is 2.88. The number of ether oxygens (including phenoxy) is 2. The van der Waals surface area contributed by atoms with Crippen LogP contribution in [0.1, 0.15) is 37.0 Å². The minimum Gasteiger partial charge on any atom is -0.493 e. The number of nitrogens with zero attached hydrogens (tertiary/aromatic N) is 1. The molecule has 148 valence electrons. The van der Waals surface area contributed by atoms with E-state index in [0.29, 0.717) is 48.5 Å². The molecular formula is C21H30N2O4. The van der Waals surface area contributed by atoms with Crippen LogP contribution in [-0.4, -0.2) is 50.6 Å². The molecule has 1 aromatic rings. The van der Waals surface area contributed by atoms with Gasteiger partial charge < -0.3 is 19.7 Å². The summed E-state index contributed by atoms with van der Waals surface area (Å²) in [4.78, 5) is 26.4. The number of allylic oxidation sites excluding steroid dienone is 1. The molecule has 0 radical (unpaired) electrons. The number of carbonyl (C=O) groups is 2. The zero-order valence-corrected chi connectivity index (χ0v) is 16.7. The van der Waals surface area contributed by atoms with Crippen molar-refractivity contribution in [3.63, 3.8) is 0 Å². The molecule has 0 spiro atoms. The Morgan fingerprint density at radius 3 is 2.44 bits per heavy atom. The Balaban J connectivity index is 1.84. The number of benzene rings is 1. The maximum Gasteiger partial charge on any atom is 0.253 e. The third kappa shape index (κ3) is 6.01. The van der Waals surface area contributed by atoms with Crippen molar-refractivity contribution in [1.82, 2.24) is 10.2 Å². The maximum absolute atomic E-state index is 12.7. The molecule has 1 saturated heterocycles. The lowest BCUT2D eigenvalue weighted by atomic mass is 9.96. The number of methoxy groups -OCH3 is 2. The molecule has 0 aliphatic carbocycles. The monoisotopic (exact) mass is 374 g/mol. The number of carbonyl (C=O) groups excluding carboxylic acids is 2. The quantitative estimate of drug-likeness (QED) is 0.745. The SMILES string of the molecule is COc1ccc(C(=O)N2CCC(CNC(=O)/C=C/C(C)C)CC2)cc1OC. The summed E-state index contributed by atoms with van der Waals surface area (Å²) in [6.07, 6.45) is 5.25. The van der Waals surface area contributed by atoms with Crippen LogP contribution in [0.25, 0.3) is 0 Å².